The largest absolute Gasteiger partial charge is 0.468 e. The summed E-state index contributed by atoms with van der Waals surface area (Å²) in [5, 5.41) is 3.38. The van der Waals surface area contributed by atoms with E-state index in [-0.39, 0.29) is 12.0 Å². The van der Waals surface area contributed by atoms with Crippen molar-refractivity contribution in [1.29, 1.82) is 0 Å². The molecule has 4 heteroatoms. The van der Waals surface area contributed by atoms with Crippen LogP contribution in [-0.2, 0) is 9.53 Å². The van der Waals surface area contributed by atoms with E-state index in [9.17, 15) is 4.79 Å². The van der Waals surface area contributed by atoms with Crippen LogP contribution in [0.3, 0.4) is 0 Å². The van der Waals surface area contributed by atoms with E-state index in [2.05, 4.69) is 31.0 Å². The van der Waals surface area contributed by atoms with Crippen molar-refractivity contribution < 1.29 is 9.53 Å². The molecule has 1 N–H and O–H groups in total. The van der Waals surface area contributed by atoms with Gasteiger partial charge in [0, 0.05) is 18.6 Å². The molecule has 0 spiro atoms. The Morgan fingerprint density at radius 2 is 2.11 bits per heavy atom. The quantitative estimate of drug-likeness (QED) is 0.639. The topological polar surface area (TPSA) is 41.6 Å². The molecule has 1 fully saturated rings. The Morgan fingerprint density at radius 3 is 2.56 bits per heavy atom. The van der Waals surface area contributed by atoms with Crippen LogP contribution in [-0.4, -0.2) is 49.2 Å². The summed E-state index contributed by atoms with van der Waals surface area (Å²) in [7, 11) is 1.47. The molecule has 0 saturated heterocycles. The van der Waals surface area contributed by atoms with Crippen LogP contribution in [0, 0.1) is 0 Å². The van der Waals surface area contributed by atoms with Gasteiger partial charge in [0.05, 0.1) is 7.11 Å². The summed E-state index contributed by atoms with van der Waals surface area (Å²) in [6.07, 6.45) is 4.36. The van der Waals surface area contributed by atoms with Gasteiger partial charge >= 0.3 is 5.97 Å². The summed E-state index contributed by atoms with van der Waals surface area (Å²) >= 11 is 0. The number of methoxy groups -OCH3 is 1. The molecule has 1 aliphatic rings. The maximum atomic E-state index is 11.7. The van der Waals surface area contributed by atoms with Crippen molar-refractivity contribution in [2.45, 2.75) is 64.6 Å². The van der Waals surface area contributed by atoms with E-state index in [1.165, 1.54) is 20.0 Å². The average molecular weight is 256 g/mol. The Morgan fingerprint density at radius 1 is 1.44 bits per heavy atom. The Bertz CT molecular complexity index is 254. The number of ether oxygens (including phenoxy) is 1. The second-order valence-corrected chi connectivity index (χ2v) is 5.19. The number of nitrogens with one attached hydrogen (secondary N) is 1. The lowest BCUT2D eigenvalue weighted by molar-refractivity contribution is -0.143. The van der Waals surface area contributed by atoms with Crippen LogP contribution in [0.15, 0.2) is 0 Å². The standard InChI is InChI=1S/C14H28N2O2/c1-5-11(3)16(6-2)10-9-13(14(17)18-4)15-12-7-8-12/h11-13,15H,5-10H2,1-4H3. The van der Waals surface area contributed by atoms with Crippen LogP contribution in [0.25, 0.3) is 0 Å². The van der Waals surface area contributed by atoms with E-state index in [0.717, 1.165) is 25.9 Å². The minimum absolute atomic E-state index is 0.123. The molecule has 1 saturated carbocycles. The molecule has 2 atom stereocenters. The van der Waals surface area contributed by atoms with E-state index >= 15 is 0 Å². The predicted octanol–water partition coefficient (Wildman–Crippen LogP) is 1.79. The fourth-order valence-corrected chi connectivity index (χ4v) is 2.19. The summed E-state index contributed by atoms with van der Waals surface area (Å²) in [5.41, 5.74) is 0. The number of carbonyl (C=O) groups excluding carboxylic acids is 1. The van der Waals surface area contributed by atoms with E-state index in [4.69, 9.17) is 4.74 Å². The third-order valence-corrected chi connectivity index (χ3v) is 3.83. The van der Waals surface area contributed by atoms with Gasteiger partial charge in [-0.2, -0.15) is 0 Å². The SMILES string of the molecule is CCC(C)N(CC)CCC(NC1CC1)C(=O)OC. The normalized spacial score (nSPS) is 18.7. The van der Waals surface area contributed by atoms with Crippen molar-refractivity contribution >= 4 is 5.97 Å². The Labute approximate surface area is 111 Å². The van der Waals surface area contributed by atoms with Gasteiger partial charge in [-0.1, -0.05) is 13.8 Å². The molecule has 0 bridgehead atoms. The monoisotopic (exact) mass is 256 g/mol. The first kappa shape index (κ1) is 15.4. The van der Waals surface area contributed by atoms with Crippen LogP contribution < -0.4 is 5.32 Å². The van der Waals surface area contributed by atoms with Gasteiger partial charge in [-0.05, 0) is 39.2 Å². The maximum Gasteiger partial charge on any atom is 0.322 e. The van der Waals surface area contributed by atoms with Crippen LogP contribution in [0.1, 0.15) is 46.5 Å². The van der Waals surface area contributed by atoms with Gasteiger partial charge in [0.25, 0.3) is 0 Å². The fraction of sp³-hybridized carbons (Fsp3) is 0.929. The zero-order valence-electron chi connectivity index (χ0n) is 12.2. The molecule has 106 valence electrons. The first-order chi connectivity index (χ1) is 8.62. The number of nitrogens with zero attached hydrogens (tertiary/aromatic N) is 1. The molecule has 1 rings (SSSR count). The molecule has 0 aliphatic heterocycles. The molecule has 0 aromatic carbocycles. The van der Waals surface area contributed by atoms with E-state index < -0.39 is 0 Å². The molecule has 0 radical (unpaired) electrons. The van der Waals surface area contributed by atoms with Gasteiger partial charge in [0.2, 0.25) is 0 Å². The lowest BCUT2D eigenvalue weighted by Crippen LogP contribution is -2.43. The highest BCUT2D eigenvalue weighted by Gasteiger charge is 2.29. The highest BCUT2D eigenvalue weighted by Crippen LogP contribution is 2.20. The third kappa shape index (κ3) is 4.94. The van der Waals surface area contributed by atoms with Crippen molar-refractivity contribution in [3.05, 3.63) is 0 Å². The zero-order chi connectivity index (χ0) is 13.5. The number of hydrogen-bond donors (Lipinski definition) is 1. The second kappa shape index (κ2) is 7.74. The van der Waals surface area contributed by atoms with Crippen molar-refractivity contribution in [3.63, 3.8) is 0 Å². The summed E-state index contributed by atoms with van der Waals surface area (Å²) in [6, 6.07) is 0.975. The van der Waals surface area contributed by atoms with Gasteiger partial charge in [-0.15, -0.1) is 0 Å². The van der Waals surface area contributed by atoms with Gasteiger partial charge in [0.1, 0.15) is 6.04 Å². The number of rotatable bonds is 9. The molecular weight excluding hydrogens is 228 g/mol. The van der Waals surface area contributed by atoms with Crippen LogP contribution >= 0.6 is 0 Å². The minimum Gasteiger partial charge on any atom is -0.468 e. The first-order valence-electron chi connectivity index (χ1n) is 7.20. The molecule has 0 amide bonds. The summed E-state index contributed by atoms with van der Waals surface area (Å²) in [4.78, 5) is 14.1. The van der Waals surface area contributed by atoms with Gasteiger partial charge < -0.3 is 15.0 Å². The number of carbonyl (C=O) groups is 1. The van der Waals surface area contributed by atoms with Crippen molar-refractivity contribution in [1.82, 2.24) is 10.2 Å². The Kier molecular flexibility index (Phi) is 6.65. The van der Waals surface area contributed by atoms with Crippen LogP contribution in [0.4, 0.5) is 0 Å². The molecular formula is C14H28N2O2. The summed E-state index contributed by atoms with van der Waals surface area (Å²) in [5.74, 6) is -0.123. The average Bonchev–Trinajstić information content (AvgIpc) is 3.20. The molecule has 0 aromatic heterocycles. The lowest BCUT2D eigenvalue weighted by Gasteiger charge is -2.28. The molecule has 2 unspecified atom stereocenters. The zero-order valence-corrected chi connectivity index (χ0v) is 12.2. The third-order valence-electron chi connectivity index (χ3n) is 3.83. The highest BCUT2D eigenvalue weighted by molar-refractivity contribution is 5.75. The maximum absolute atomic E-state index is 11.7. The summed E-state index contributed by atoms with van der Waals surface area (Å²) < 4.78 is 4.87. The molecule has 0 heterocycles. The fourth-order valence-electron chi connectivity index (χ4n) is 2.19. The van der Waals surface area contributed by atoms with E-state index in [1.54, 1.807) is 0 Å². The van der Waals surface area contributed by atoms with Gasteiger partial charge in [-0.25, -0.2) is 0 Å². The van der Waals surface area contributed by atoms with Gasteiger partial charge in [-0.3, -0.25) is 4.79 Å². The first-order valence-corrected chi connectivity index (χ1v) is 7.20. The molecule has 0 aromatic rings. The number of esters is 1. The minimum atomic E-state index is -0.138. The number of hydrogen-bond acceptors (Lipinski definition) is 4. The lowest BCUT2D eigenvalue weighted by atomic mass is 10.1. The van der Waals surface area contributed by atoms with Crippen molar-refractivity contribution in [3.8, 4) is 0 Å². The molecule has 4 nitrogen and oxygen atoms in total. The molecule has 1 aliphatic carbocycles. The Hall–Kier alpha value is -0.610. The van der Waals surface area contributed by atoms with E-state index in [1.807, 2.05) is 0 Å². The van der Waals surface area contributed by atoms with E-state index in [0.29, 0.717) is 12.1 Å². The second-order valence-electron chi connectivity index (χ2n) is 5.19. The molecule has 18 heavy (non-hydrogen) atoms. The van der Waals surface area contributed by atoms with Crippen molar-refractivity contribution in [2.75, 3.05) is 20.2 Å². The Balaban J connectivity index is 2.41. The smallest absolute Gasteiger partial charge is 0.322 e. The van der Waals surface area contributed by atoms with Crippen LogP contribution in [0.2, 0.25) is 0 Å². The van der Waals surface area contributed by atoms with Crippen molar-refractivity contribution in [2.24, 2.45) is 0 Å². The summed E-state index contributed by atoms with van der Waals surface area (Å²) in [6.45, 7) is 8.60. The van der Waals surface area contributed by atoms with Crippen LogP contribution in [0.5, 0.6) is 0 Å². The predicted molar refractivity (Wildman–Crippen MR) is 73.6 cm³/mol. The highest BCUT2D eigenvalue weighted by atomic mass is 16.5. The van der Waals surface area contributed by atoms with Gasteiger partial charge in [0.15, 0.2) is 0 Å².